The summed E-state index contributed by atoms with van der Waals surface area (Å²) in [5.41, 5.74) is 0.809. The number of hydrogen-bond acceptors (Lipinski definition) is 2. The number of esters is 1. The van der Waals surface area contributed by atoms with Gasteiger partial charge in [-0.25, -0.2) is 0 Å². The van der Waals surface area contributed by atoms with E-state index in [0.29, 0.717) is 0 Å². The van der Waals surface area contributed by atoms with Crippen LogP contribution in [0.5, 0.6) is 0 Å². The molecule has 0 aliphatic carbocycles. The van der Waals surface area contributed by atoms with Gasteiger partial charge in [0.2, 0.25) is 0 Å². The lowest BCUT2D eigenvalue weighted by molar-refractivity contribution is -0.148. The molecule has 0 aliphatic rings. The standard InChI is InChI=1S/C16H20Br4O2/c1-4-9-15(2,3)13(11-5-7-12(17)8-6-11)14(21)22-10-16(18,19)20/h5-8,13H,4,9-10H2,1-3H3/t13-/m0/s1. The van der Waals surface area contributed by atoms with Gasteiger partial charge in [-0.2, -0.15) is 0 Å². The Balaban J connectivity index is 3.06. The normalized spacial score (nSPS) is 13.8. The SMILES string of the molecule is CCCC(C)(C)[C@H](C(=O)OCC(Br)(Br)Br)c1ccc(Br)cc1. The Morgan fingerprint density at radius 1 is 1.18 bits per heavy atom. The maximum Gasteiger partial charge on any atom is 0.314 e. The second-order valence-electron chi connectivity index (χ2n) is 5.95. The van der Waals surface area contributed by atoms with Crippen LogP contribution in [0.4, 0.5) is 0 Å². The van der Waals surface area contributed by atoms with Crippen molar-refractivity contribution in [2.75, 3.05) is 6.61 Å². The molecule has 0 spiro atoms. The molecule has 22 heavy (non-hydrogen) atoms. The zero-order valence-corrected chi connectivity index (χ0v) is 19.2. The first-order valence-electron chi connectivity index (χ1n) is 7.05. The fraction of sp³-hybridized carbons (Fsp3) is 0.562. The van der Waals surface area contributed by atoms with Crippen LogP contribution in [-0.4, -0.2) is 14.7 Å². The smallest absolute Gasteiger partial charge is 0.314 e. The van der Waals surface area contributed by atoms with E-state index in [1.54, 1.807) is 0 Å². The third-order valence-electron chi connectivity index (χ3n) is 3.49. The highest BCUT2D eigenvalue weighted by Crippen LogP contribution is 2.41. The third kappa shape index (κ3) is 6.62. The van der Waals surface area contributed by atoms with E-state index in [-0.39, 0.29) is 23.9 Å². The highest BCUT2D eigenvalue weighted by molar-refractivity contribution is 9.39. The molecule has 0 N–H and O–H groups in total. The molecule has 0 heterocycles. The van der Waals surface area contributed by atoms with E-state index >= 15 is 0 Å². The van der Waals surface area contributed by atoms with E-state index in [4.69, 9.17) is 4.74 Å². The Morgan fingerprint density at radius 2 is 1.73 bits per heavy atom. The van der Waals surface area contributed by atoms with Gasteiger partial charge in [0, 0.05) is 4.47 Å². The van der Waals surface area contributed by atoms with E-state index in [0.717, 1.165) is 22.9 Å². The Bertz CT molecular complexity index is 492. The zero-order chi connectivity index (χ0) is 17.0. The molecule has 0 aliphatic heterocycles. The molecule has 2 nitrogen and oxygen atoms in total. The zero-order valence-electron chi connectivity index (χ0n) is 12.8. The minimum atomic E-state index is -0.582. The molecule has 0 unspecified atom stereocenters. The van der Waals surface area contributed by atoms with Crippen LogP contribution in [0.1, 0.15) is 45.1 Å². The number of benzene rings is 1. The van der Waals surface area contributed by atoms with Crippen molar-refractivity contribution in [1.82, 2.24) is 0 Å². The number of carbonyl (C=O) groups is 1. The Kier molecular flexibility index (Phi) is 8.10. The van der Waals surface area contributed by atoms with Crippen LogP contribution in [0.3, 0.4) is 0 Å². The van der Waals surface area contributed by atoms with Crippen molar-refractivity contribution >= 4 is 69.7 Å². The molecule has 0 fully saturated rings. The van der Waals surface area contributed by atoms with Crippen molar-refractivity contribution < 1.29 is 9.53 Å². The number of hydrogen-bond donors (Lipinski definition) is 0. The monoisotopic (exact) mass is 560 g/mol. The van der Waals surface area contributed by atoms with Crippen molar-refractivity contribution in [3.8, 4) is 0 Å². The van der Waals surface area contributed by atoms with Crippen molar-refractivity contribution in [1.29, 1.82) is 0 Å². The second kappa shape index (κ2) is 8.63. The first kappa shape index (κ1) is 20.7. The number of carbonyl (C=O) groups excluding carboxylic acids is 1. The molecular weight excluding hydrogens is 544 g/mol. The fourth-order valence-corrected chi connectivity index (χ4v) is 3.19. The van der Waals surface area contributed by atoms with Crippen LogP contribution in [-0.2, 0) is 9.53 Å². The van der Waals surface area contributed by atoms with Gasteiger partial charge in [0.25, 0.3) is 0 Å². The number of alkyl halides is 3. The number of ether oxygens (including phenoxy) is 1. The minimum absolute atomic E-state index is 0.173. The quantitative estimate of drug-likeness (QED) is 0.283. The molecule has 0 radical (unpaired) electrons. The summed E-state index contributed by atoms with van der Waals surface area (Å²) in [4.78, 5) is 12.7. The van der Waals surface area contributed by atoms with Gasteiger partial charge in [-0.3, -0.25) is 4.79 Å². The van der Waals surface area contributed by atoms with Crippen molar-refractivity contribution in [2.24, 2.45) is 5.41 Å². The van der Waals surface area contributed by atoms with Gasteiger partial charge in [0.05, 0.1) is 5.92 Å². The molecule has 1 aromatic rings. The highest BCUT2D eigenvalue weighted by Gasteiger charge is 2.37. The molecule has 6 heteroatoms. The van der Waals surface area contributed by atoms with Gasteiger partial charge in [0.15, 0.2) is 2.14 Å². The molecule has 0 saturated carbocycles. The van der Waals surface area contributed by atoms with Crippen molar-refractivity contribution in [3.05, 3.63) is 34.3 Å². The van der Waals surface area contributed by atoms with E-state index < -0.39 is 2.14 Å². The summed E-state index contributed by atoms with van der Waals surface area (Å²) in [7, 11) is 0. The summed E-state index contributed by atoms with van der Waals surface area (Å²) < 4.78 is 5.91. The Morgan fingerprint density at radius 3 is 2.18 bits per heavy atom. The molecule has 0 saturated heterocycles. The van der Waals surface area contributed by atoms with Gasteiger partial charge in [-0.15, -0.1) is 0 Å². The molecule has 0 aromatic heterocycles. The van der Waals surface area contributed by atoms with Crippen LogP contribution in [0.25, 0.3) is 0 Å². The predicted octanol–water partition coefficient (Wildman–Crippen LogP) is 6.74. The maximum absolute atomic E-state index is 12.7. The van der Waals surface area contributed by atoms with Crippen LogP contribution in [0, 0.1) is 5.41 Å². The number of rotatable bonds is 6. The average Bonchev–Trinajstić information content (AvgIpc) is 2.38. The lowest BCUT2D eigenvalue weighted by Crippen LogP contribution is -2.32. The summed E-state index contributed by atoms with van der Waals surface area (Å²) in [5, 5.41) is 0. The highest BCUT2D eigenvalue weighted by atomic mass is 80.0. The first-order valence-corrected chi connectivity index (χ1v) is 10.2. The van der Waals surface area contributed by atoms with Crippen LogP contribution >= 0.6 is 63.7 Å². The lowest BCUT2D eigenvalue weighted by atomic mass is 9.72. The van der Waals surface area contributed by atoms with Gasteiger partial charge in [-0.05, 0) is 29.5 Å². The lowest BCUT2D eigenvalue weighted by Gasteiger charge is -2.33. The Labute approximate surface area is 166 Å². The largest absolute Gasteiger partial charge is 0.462 e. The van der Waals surface area contributed by atoms with Gasteiger partial charge in [-0.1, -0.05) is 103 Å². The molecule has 0 amide bonds. The van der Waals surface area contributed by atoms with E-state index in [9.17, 15) is 4.79 Å². The predicted molar refractivity (Wildman–Crippen MR) is 106 cm³/mol. The van der Waals surface area contributed by atoms with E-state index in [2.05, 4.69) is 84.5 Å². The molecule has 124 valence electrons. The summed E-state index contributed by atoms with van der Waals surface area (Å²) in [6.07, 6.45) is 1.97. The summed E-state index contributed by atoms with van der Waals surface area (Å²) >= 11 is 13.5. The second-order valence-corrected chi connectivity index (χ2v) is 14.1. The average molecular weight is 564 g/mol. The third-order valence-corrected chi connectivity index (χ3v) is 4.71. The minimum Gasteiger partial charge on any atom is -0.462 e. The first-order chi connectivity index (χ1) is 10.1. The molecule has 1 rings (SSSR count). The van der Waals surface area contributed by atoms with Crippen LogP contribution in [0.2, 0.25) is 0 Å². The fourth-order valence-electron chi connectivity index (χ4n) is 2.59. The molecule has 0 bridgehead atoms. The summed E-state index contributed by atoms with van der Waals surface area (Å²) in [6, 6.07) is 7.89. The summed E-state index contributed by atoms with van der Waals surface area (Å²) in [6.45, 7) is 6.56. The van der Waals surface area contributed by atoms with Crippen LogP contribution < -0.4 is 0 Å². The van der Waals surface area contributed by atoms with Crippen molar-refractivity contribution in [3.63, 3.8) is 0 Å². The number of halogens is 4. The van der Waals surface area contributed by atoms with E-state index in [1.165, 1.54) is 0 Å². The van der Waals surface area contributed by atoms with Crippen LogP contribution in [0.15, 0.2) is 28.7 Å². The topological polar surface area (TPSA) is 26.3 Å². The van der Waals surface area contributed by atoms with E-state index in [1.807, 2.05) is 24.3 Å². The molecular formula is C16H20Br4O2. The molecule has 1 atom stereocenters. The van der Waals surface area contributed by atoms with Gasteiger partial charge < -0.3 is 4.74 Å². The molecule has 1 aromatic carbocycles. The van der Waals surface area contributed by atoms with Gasteiger partial charge in [0.1, 0.15) is 6.61 Å². The van der Waals surface area contributed by atoms with Gasteiger partial charge >= 0.3 is 5.97 Å². The maximum atomic E-state index is 12.7. The van der Waals surface area contributed by atoms with Crippen molar-refractivity contribution in [2.45, 2.75) is 41.7 Å². The Hall–Kier alpha value is 0.610. The summed E-state index contributed by atoms with van der Waals surface area (Å²) in [5.74, 6) is -0.501.